The Morgan fingerprint density at radius 2 is 1.87 bits per heavy atom. The highest BCUT2D eigenvalue weighted by atomic mass is 35.5. The summed E-state index contributed by atoms with van der Waals surface area (Å²) in [6.07, 6.45) is 0.894. The molecule has 2 aromatic carbocycles. The summed E-state index contributed by atoms with van der Waals surface area (Å²) < 4.78 is 25.5. The lowest BCUT2D eigenvalue weighted by atomic mass is 10.1. The zero-order chi connectivity index (χ0) is 21.9. The summed E-state index contributed by atoms with van der Waals surface area (Å²) in [6, 6.07) is 11.9. The highest BCUT2D eigenvalue weighted by Crippen LogP contribution is 2.34. The SMILES string of the molecule is CCC(=O)N1c2ccc(S(=O)(=O)CCC(=O)NCc3ccc(Cl)cc3)cc2C[C@H]1C. The van der Waals surface area contributed by atoms with Crippen molar-refractivity contribution in [2.45, 2.75) is 50.6 Å². The second-order valence-electron chi connectivity index (χ2n) is 7.43. The molecule has 0 saturated heterocycles. The highest BCUT2D eigenvalue weighted by molar-refractivity contribution is 7.91. The summed E-state index contributed by atoms with van der Waals surface area (Å²) in [5, 5.41) is 3.34. The number of nitrogens with zero attached hydrogens (tertiary/aromatic N) is 1. The van der Waals surface area contributed by atoms with Gasteiger partial charge in [-0.1, -0.05) is 30.7 Å². The number of anilines is 1. The molecule has 0 fully saturated rings. The Labute approximate surface area is 182 Å². The van der Waals surface area contributed by atoms with Gasteiger partial charge >= 0.3 is 0 Å². The molecule has 0 saturated carbocycles. The molecule has 2 aromatic rings. The minimum atomic E-state index is -3.61. The number of rotatable bonds is 7. The highest BCUT2D eigenvalue weighted by Gasteiger charge is 2.31. The zero-order valence-electron chi connectivity index (χ0n) is 17.0. The van der Waals surface area contributed by atoms with Crippen LogP contribution in [0.5, 0.6) is 0 Å². The Morgan fingerprint density at radius 1 is 1.17 bits per heavy atom. The van der Waals surface area contributed by atoms with E-state index in [4.69, 9.17) is 11.6 Å². The second-order valence-corrected chi connectivity index (χ2v) is 9.98. The molecular weight excluding hydrogens is 424 g/mol. The Kier molecular flexibility index (Phi) is 6.83. The molecule has 0 spiro atoms. The van der Waals surface area contributed by atoms with E-state index in [1.807, 2.05) is 13.8 Å². The molecule has 2 amide bonds. The first-order valence-electron chi connectivity index (χ1n) is 9.90. The lowest BCUT2D eigenvalue weighted by molar-refractivity contribution is -0.121. The van der Waals surface area contributed by atoms with Crippen molar-refractivity contribution in [3.8, 4) is 0 Å². The Balaban J connectivity index is 1.62. The van der Waals surface area contributed by atoms with E-state index in [1.54, 1.807) is 41.3 Å². The van der Waals surface area contributed by atoms with Gasteiger partial charge in [0.25, 0.3) is 0 Å². The smallest absolute Gasteiger partial charge is 0.226 e. The molecule has 1 aliphatic heterocycles. The maximum Gasteiger partial charge on any atom is 0.226 e. The quantitative estimate of drug-likeness (QED) is 0.702. The van der Waals surface area contributed by atoms with Crippen LogP contribution in [0.1, 0.15) is 37.8 Å². The van der Waals surface area contributed by atoms with Crippen molar-refractivity contribution >= 4 is 38.9 Å². The molecule has 1 aliphatic rings. The van der Waals surface area contributed by atoms with Crippen molar-refractivity contribution in [2.24, 2.45) is 0 Å². The summed E-state index contributed by atoms with van der Waals surface area (Å²) in [7, 11) is -3.61. The number of carbonyl (C=O) groups is 2. The standard InChI is InChI=1S/C22H25ClN2O4S/c1-3-22(27)25-15(2)12-17-13-19(8-9-20(17)25)30(28,29)11-10-21(26)24-14-16-4-6-18(23)7-5-16/h4-9,13,15H,3,10-12,14H2,1-2H3,(H,24,26)/t15-/m1/s1. The number of benzene rings is 2. The average molecular weight is 449 g/mol. The largest absolute Gasteiger partial charge is 0.352 e. The van der Waals surface area contributed by atoms with Crippen molar-refractivity contribution in [3.05, 3.63) is 58.6 Å². The van der Waals surface area contributed by atoms with Gasteiger partial charge in [-0.3, -0.25) is 9.59 Å². The number of carbonyl (C=O) groups excluding carboxylic acids is 2. The molecule has 1 heterocycles. The predicted molar refractivity (Wildman–Crippen MR) is 117 cm³/mol. The van der Waals surface area contributed by atoms with Crippen LogP contribution in [0.2, 0.25) is 5.02 Å². The second kappa shape index (κ2) is 9.18. The van der Waals surface area contributed by atoms with Gasteiger partial charge in [-0.15, -0.1) is 0 Å². The normalized spacial score (nSPS) is 15.7. The van der Waals surface area contributed by atoms with Crippen LogP contribution in [0.3, 0.4) is 0 Å². The molecule has 30 heavy (non-hydrogen) atoms. The van der Waals surface area contributed by atoms with E-state index < -0.39 is 9.84 Å². The minimum absolute atomic E-state index is 0.00375. The van der Waals surface area contributed by atoms with Crippen LogP contribution in [0, 0.1) is 0 Å². The fourth-order valence-electron chi connectivity index (χ4n) is 3.59. The third-order valence-corrected chi connectivity index (χ3v) is 7.16. The van der Waals surface area contributed by atoms with Crippen molar-refractivity contribution in [2.75, 3.05) is 10.7 Å². The summed E-state index contributed by atoms with van der Waals surface area (Å²) in [5.41, 5.74) is 2.50. The van der Waals surface area contributed by atoms with E-state index in [-0.39, 0.29) is 34.9 Å². The summed E-state index contributed by atoms with van der Waals surface area (Å²) in [5.74, 6) is -0.581. The molecule has 160 valence electrons. The van der Waals surface area contributed by atoms with E-state index >= 15 is 0 Å². The van der Waals surface area contributed by atoms with Crippen LogP contribution < -0.4 is 10.2 Å². The van der Waals surface area contributed by atoms with E-state index in [2.05, 4.69) is 5.32 Å². The summed E-state index contributed by atoms with van der Waals surface area (Å²) in [6.45, 7) is 4.07. The molecule has 6 nitrogen and oxygen atoms in total. The van der Waals surface area contributed by atoms with Gasteiger partial charge in [0.2, 0.25) is 11.8 Å². The Bertz CT molecular complexity index is 1050. The Morgan fingerprint density at radius 3 is 2.53 bits per heavy atom. The number of fused-ring (bicyclic) bond motifs is 1. The van der Waals surface area contributed by atoms with E-state index in [0.29, 0.717) is 24.4 Å². The molecule has 0 radical (unpaired) electrons. The molecule has 1 atom stereocenters. The molecule has 1 N–H and O–H groups in total. The van der Waals surface area contributed by atoms with Crippen LogP contribution in [0.25, 0.3) is 0 Å². The number of hydrogen-bond donors (Lipinski definition) is 1. The van der Waals surface area contributed by atoms with Gasteiger partial charge in [0.05, 0.1) is 10.6 Å². The minimum Gasteiger partial charge on any atom is -0.352 e. The lowest BCUT2D eigenvalue weighted by Crippen LogP contribution is -2.35. The predicted octanol–water partition coefficient (Wildman–Crippen LogP) is 3.51. The van der Waals surface area contributed by atoms with E-state index in [1.165, 1.54) is 6.07 Å². The molecule has 0 unspecified atom stereocenters. The van der Waals surface area contributed by atoms with Crippen molar-refractivity contribution < 1.29 is 18.0 Å². The number of amides is 2. The average Bonchev–Trinajstić information content (AvgIpc) is 3.06. The first-order valence-corrected chi connectivity index (χ1v) is 11.9. The maximum absolute atomic E-state index is 12.7. The molecule has 3 rings (SSSR count). The topological polar surface area (TPSA) is 83.6 Å². The summed E-state index contributed by atoms with van der Waals surface area (Å²) >= 11 is 5.83. The third kappa shape index (κ3) is 5.02. The van der Waals surface area contributed by atoms with E-state index in [9.17, 15) is 18.0 Å². The van der Waals surface area contributed by atoms with Gasteiger partial charge in [0.1, 0.15) is 0 Å². The molecule has 0 aromatic heterocycles. The molecule has 8 heteroatoms. The van der Waals surface area contributed by atoms with Crippen LogP contribution in [-0.4, -0.2) is 32.0 Å². The first-order chi connectivity index (χ1) is 14.2. The third-order valence-electron chi connectivity index (χ3n) is 5.20. The molecule has 0 aliphatic carbocycles. The fourth-order valence-corrected chi connectivity index (χ4v) is 5.00. The van der Waals surface area contributed by atoms with Crippen LogP contribution >= 0.6 is 11.6 Å². The molecular formula is C22H25ClN2O4S. The van der Waals surface area contributed by atoms with Crippen molar-refractivity contribution in [1.82, 2.24) is 5.32 Å². The zero-order valence-corrected chi connectivity index (χ0v) is 18.6. The number of sulfone groups is 1. The maximum atomic E-state index is 12.7. The number of hydrogen-bond acceptors (Lipinski definition) is 4. The van der Waals surface area contributed by atoms with E-state index in [0.717, 1.165) is 16.8 Å². The Hall–Kier alpha value is -2.38. The number of nitrogens with one attached hydrogen (secondary N) is 1. The van der Waals surface area contributed by atoms with Crippen LogP contribution in [0.15, 0.2) is 47.4 Å². The van der Waals surface area contributed by atoms with Crippen molar-refractivity contribution in [1.29, 1.82) is 0 Å². The number of halogens is 1. The van der Waals surface area contributed by atoms with Gasteiger partial charge < -0.3 is 10.2 Å². The molecule has 0 bridgehead atoms. The fraction of sp³-hybridized carbons (Fsp3) is 0.364. The van der Waals surface area contributed by atoms with Gasteiger partial charge in [0.15, 0.2) is 9.84 Å². The van der Waals surface area contributed by atoms with Gasteiger partial charge in [-0.25, -0.2) is 8.42 Å². The van der Waals surface area contributed by atoms with Crippen LogP contribution in [0.4, 0.5) is 5.69 Å². The lowest BCUT2D eigenvalue weighted by Gasteiger charge is -2.22. The van der Waals surface area contributed by atoms with Crippen molar-refractivity contribution in [3.63, 3.8) is 0 Å². The van der Waals surface area contributed by atoms with Gasteiger partial charge in [0, 0.05) is 36.1 Å². The van der Waals surface area contributed by atoms with Gasteiger partial charge in [-0.2, -0.15) is 0 Å². The van der Waals surface area contributed by atoms with Gasteiger partial charge in [-0.05, 0) is 54.8 Å². The summed E-state index contributed by atoms with van der Waals surface area (Å²) in [4.78, 5) is 26.2. The first kappa shape index (κ1) is 22.3. The monoisotopic (exact) mass is 448 g/mol. The van der Waals surface area contributed by atoms with Crippen LogP contribution in [-0.2, 0) is 32.4 Å².